The fraction of sp³-hybridized carbons (Fsp3) is 0.150. The molecular formula is C20H19FN2O3S. The van der Waals surface area contributed by atoms with Crippen molar-refractivity contribution >= 4 is 32.4 Å². The predicted molar refractivity (Wildman–Crippen MR) is 103 cm³/mol. The lowest BCUT2D eigenvalue weighted by Gasteiger charge is -2.20. The maximum Gasteiger partial charge on any atom is 0.243 e. The van der Waals surface area contributed by atoms with Gasteiger partial charge in [0.25, 0.3) is 0 Å². The Hall–Kier alpha value is -2.77. The van der Waals surface area contributed by atoms with Gasteiger partial charge in [0.05, 0.1) is 11.4 Å². The monoisotopic (exact) mass is 386 g/mol. The highest BCUT2D eigenvalue weighted by Crippen LogP contribution is 2.22. The van der Waals surface area contributed by atoms with Crippen molar-refractivity contribution in [3.05, 3.63) is 72.5 Å². The van der Waals surface area contributed by atoms with Gasteiger partial charge in [-0.2, -0.15) is 4.31 Å². The highest BCUT2D eigenvalue weighted by atomic mass is 32.2. The molecule has 0 aromatic heterocycles. The molecule has 5 nitrogen and oxygen atoms in total. The molecule has 0 saturated heterocycles. The topological polar surface area (TPSA) is 66.5 Å². The van der Waals surface area contributed by atoms with E-state index < -0.39 is 21.7 Å². The molecule has 0 spiro atoms. The first-order chi connectivity index (χ1) is 12.9. The van der Waals surface area contributed by atoms with Gasteiger partial charge in [-0.05, 0) is 47.2 Å². The van der Waals surface area contributed by atoms with Crippen LogP contribution in [0.3, 0.4) is 0 Å². The van der Waals surface area contributed by atoms with Crippen LogP contribution in [0.5, 0.6) is 0 Å². The predicted octanol–water partition coefficient (Wildman–Crippen LogP) is 3.63. The minimum absolute atomic E-state index is 0.137. The number of sulfonamides is 1. The summed E-state index contributed by atoms with van der Waals surface area (Å²) in [7, 11) is -3.82. The van der Waals surface area contributed by atoms with Crippen LogP contribution in [-0.2, 0) is 14.8 Å². The molecule has 1 amide bonds. The molecule has 7 heteroatoms. The van der Waals surface area contributed by atoms with Gasteiger partial charge in [0, 0.05) is 12.2 Å². The van der Waals surface area contributed by atoms with E-state index in [0.29, 0.717) is 5.69 Å². The fourth-order valence-corrected chi connectivity index (χ4v) is 4.18. The van der Waals surface area contributed by atoms with E-state index in [-0.39, 0.29) is 18.0 Å². The molecule has 0 fully saturated rings. The summed E-state index contributed by atoms with van der Waals surface area (Å²) in [6.45, 7) is 1.48. The third-order valence-corrected chi connectivity index (χ3v) is 6.08. The molecular weight excluding hydrogens is 367 g/mol. The normalized spacial score (nSPS) is 11.7. The van der Waals surface area contributed by atoms with Crippen LogP contribution in [0.15, 0.2) is 71.6 Å². The van der Waals surface area contributed by atoms with Crippen LogP contribution in [0.2, 0.25) is 0 Å². The first kappa shape index (κ1) is 19.0. The zero-order valence-electron chi connectivity index (χ0n) is 14.7. The number of carbonyl (C=O) groups is 1. The van der Waals surface area contributed by atoms with Crippen molar-refractivity contribution in [2.45, 2.75) is 11.8 Å². The van der Waals surface area contributed by atoms with Crippen molar-refractivity contribution in [2.24, 2.45) is 0 Å². The summed E-state index contributed by atoms with van der Waals surface area (Å²) in [5.41, 5.74) is 0.403. The number of likely N-dealkylation sites (N-methyl/N-ethyl adjacent to an activating group) is 1. The molecule has 0 atom stereocenters. The fourth-order valence-electron chi connectivity index (χ4n) is 2.74. The standard InChI is InChI=1S/C20H19FN2O3S/c1-2-23(14-20(24)22-18-10-8-17(21)9-11-18)27(25,26)19-12-7-15-5-3-4-6-16(15)13-19/h3-13H,2,14H2,1H3,(H,22,24). The molecule has 3 rings (SSSR count). The van der Waals surface area contributed by atoms with Gasteiger partial charge in [0.2, 0.25) is 15.9 Å². The minimum Gasteiger partial charge on any atom is -0.325 e. The molecule has 0 aliphatic heterocycles. The smallest absolute Gasteiger partial charge is 0.243 e. The van der Waals surface area contributed by atoms with Gasteiger partial charge in [-0.3, -0.25) is 4.79 Å². The second-order valence-corrected chi connectivity index (χ2v) is 7.93. The molecule has 0 bridgehead atoms. The number of hydrogen-bond donors (Lipinski definition) is 1. The van der Waals surface area contributed by atoms with Crippen molar-refractivity contribution in [3.8, 4) is 0 Å². The number of anilines is 1. The molecule has 0 radical (unpaired) electrons. The van der Waals surface area contributed by atoms with E-state index in [1.807, 2.05) is 24.3 Å². The summed E-state index contributed by atoms with van der Waals surface area (Å²) in [6, 6.07) is 17.6. The first-order valence-corrected chi connectivity index (χ1v) is 9.88. The Kier molecular flexibility index (Phi) is 5.53. The largest absolute Gasteiger partial charge is 0.325 e. The van der Waals surface area contributed by atoms with Crippen molar-refractivity contribution in [2.75, 3.05) is 18.4 Å². The lowest BCUT2D eigenvalue weighted by molar-refractivity contribution is -0.116. The summed E-state index contributed by atoms with van der Waals surface area (Å²) >= 11 is 0. The molecule has 0 unspecified atom stereocenters. The summed E-state index contributed by atoms with van der Waals surface area (Å²) in [5.74, 6) is -0.908. The lowest BCUT2D eigenvalue weighted by Crippen LogP contribution is -2.37. The van der Waals surface area contributed by atoms with Crippen LogP contribution in [-0.4, -0.2) is 31.7 Å². The summed E-state index contributed by atoms with van der Waals surface area (Å²) < 4.78 is 39.9. The van der Waals surface area contributed by atoms with Crippen molar-refractivity contribution in [1.82, 2.24) is 4.31 Å². The number of hydrogen-bond acceptors (Lipinski definition) is 3. The van der Waals surface area contributed by atoms with E-state index in [2.05, 4.69) is 5.32 Å². The van der Waals surface area contributed by atoms with Crippen molar-refractivity contribution in [3.63, 3.8) is 0 Å². The summed E-state index contributed by atoms with van der Waals surface area (Å²) in [4.78, 5) is 12.4. The van der Waals surface area contributed by atoms with Crippen LogP contribution >= 0.6 is 0 Å². The Morgan fingerprint density at radius 2 is 1.67 bits per heavy atom. The van der Waals surface area contributed by atoms with Gasteiger partial charge < -0.3 is 5.32 Å². The van der Waals surface area contributed by atoms with Crippen molar-refractivity contribution in [1.29, 1.82) is 0 Å². The minimum atomic E-state index is -3.82. The molecule has 3 aromatic rings. The van der Waals surface area contributed by atoms with Gasteiger partial charge >= 0.3 is 0 Å². The van der Waals surface area contributed by atoms with E-state index in [1.165, 1.54) is 30.3 Å². The Bertz CT molecular complexity index is 1070. The zero-order chi connectivity index (χ0) is 19.4. The average molecular weight is 386 g/mol. The Morgan fingerprint density at radius 1 is 1.00 bits per heavy atom. The SMILES string of the molecule is CCN(CC(=O)Nc1ccc(F)cc1)S(=O)(=O)c1ccc2ccccc2c1. The van der Waals surface area contributed by atoms with E-state index >= 15 is 0 Å². The molecule has 3 aromatic carbocycles. The number of rotatable bonds is 6. The quantitative estimate of drug-likeness (QED) is 0.704. The third-order valence-electron chi connectivity index (χ3n) is 4.16. The summed E-state index contributed by atoms with van der Waals surface area (Å²) in [6.07, 6.45) is 0. The molecule has 27 heavy (non-hydrogen) atoms. The van der Waals surface area contributed by atoms with E-state index in [1.54, 1.807) is 19.1 Å². The Labute approximate surface area is 157 Å². The number of benzene rings is 3. The maximum atomic E-state index is 12.9. The highest BCUT2D eigenvalue weighted by molar-refractivity contribution is 7.89. The number of halogens is 1. The van der Waals surface area contributed by atoms with Crippen LogP contribution in [0, 0.1) is 5.82 Å². The van der Waals surface area contributed by atoms with Crippen LogP contribution in [0.25, 0.3) is 10.8 Å². The molecule has 0 saturated carbocycles. The molecule has 140 valence electrons. The number of amides is 1. The number of nitrogens with one attached hydrogen (secondary N) is 1. The number of fused-ring (bicyclic) bond motifs is 1. The van der Waals surface area contributed by atoms with Crippen molar-refractivity contribution < 1.29 is 17.6 Å². The molecule has 0 aliphatic rings. The molecule has 1 N–H and O–H groups in total. The Balaban J connectivity index is 1.79. The number of carbonyl (C=O) groups excluding carboxylic acids is 1. The number of nitrogens with zero attached hydrogens (tertiary/aromatic N) is 1. The van der Waals surface area contributed by atoms with E-state index in [9.17, 15) is 17.6 Å². The first-order valence-electron chi connectivity index (χ1n) is 8.44. The highest BCUT2D eigenvalue weighted by Gasteiger charge is 2.25. The summed E-state index contributed by atoms with van der Waals surface area (Å²) in [5, 5.41) is 4.32. The van der Waals surface area contributed by atoms with Crippen LogP contribution < -0.4 is 5.32 Å². The second-order valence-electron chi connectivity index (χ2n) is 6.00. The maximum absolute atomic E-state index is 12.9. The van der Waals surface area contributed by atoms with Gasteiger partial charge in [-0.15, -0.1) is 0 Å². The Morgan fingerprint density at radius 3 is 2.33 bits per heavy atom. The van der Waals surface area contributed by atoms with Crippen LogP contribution in [0.4, 0.5) is 10.1 Å². The van der Waals surface area contributed by atoms with Crippen LogP contribution in [0.1, 0.15) is 6.92 Å². The van der Waals surface area contributed by atoms with Gasteiger partial charge in [-0.25, -0.2) is 12.8 Å². The second kappa shape index (κ2) is 7.85. The molecule has 0 aliphatic carbocycles. The van der Waals surface area contributed by atoms with Gasteiger partial charge in [-0.1, -0.05) is 37.3 Å². The van der Waals surface area contributed by atoms with Gasteiger partial charge in [0.15, 0.2) is 0 Å². The van der Waals surface area contributed by atoms with Gasteiger partial charge in [0.1, 0.15) is 5.82 Å². The average Bonchev–Trinajstić information content (AvgIpc) is 2.67. The molecule has 0 heterocycles. The van der Waals surface area contributed by atoms with E-state index in [4.69, 9.17) is 0 Å². The van der Waals surface area contributed by atoms with E-state index in [0.717, 1.165) is 15.1 Å². The zero-order valence-corrected chi connectivity index (χ0v) is 15.5. The third kappa shape index (κ3) is 4.32. The lowest BCUT2D eigenvalue weighted by atomic mass is 10.1.